The van der Waals surface area contributed by atoms with Crippen LogP contribution in [0.15, 0.2) is 71.3 Å². The molecule has 0 saturated heterocycles. The van der Waals surface area contributed by atoms with Crippen molar-refractivity contribution in [2.24, 2.45) is 0 Å². The van der Waals surface area contributed by atoms with Crippen molar-refractivity contribution in [3.05, 3.63) is 83.8 Å². The average Bonchev–Trinajstić information content (AvgIpc) is 3.21. The second kappa shape index (κ2) is 9.97. The zero-order chi connectivity index (χ0) is 19.8. The van der Waals surface area contributed by atoms with Crippen LogP contribution in [0.4, 0.5) is 0 Å². The molecule has 0 fully saturated rings. The highest BCUT2D eigenvalue weighted by molar-refractivity contribution is 5.39. The Hall–Kier alpha value is -2.76. The largest absolute Gasteiger partial charge is 0.493 e. The third-order valence-electron chi connectivity index (χ3n) is 4.46. The van der Waals surface area contributed by atoms with E-state index in [1.54, 1.807) is 13.4 Å². The van der Waals surface area contributed by atoms with E-state index in [0.29, 0.717) is 31.1 Å². The van der Waals surface area contributed by atoms with E-state index in [9.17, 15) is 5.11 Å². The van der Waals surface area contributed by atoms with Gasteiger partial charge >= 0.3 is 0 Å². The highest BCUT2D eigenvalue weighted by Crippen LogP contribution is 2.25. The van der Waals surface area contributed by atoms with Gasteiger partial charge in [0.1, 0.15) is 18.5 Å². The monoisotopic (exact) mass is 381 g/mol. The number of hydrogen-bond acceptors (Lipinski definition) is 5. The molecule has 2 aromatic carbocycles. The maximum atomic E-state index is 10.6. The molecule has 3 aromatic rings. The number of nitrogens with zero attached hydrogens (tertiary/aromatic N) is 1. The summed E-state index contributed by atoms with van der Waals surface area (Å²) in [6.45, 7) is 4.05. The van der Waals surface area contributed by atoms with Gasteiger partial charge in [-0.15, -0.1) is 0 Å². The van der Waals surface area contributed by atoms with E-state index < -0.39 is 6.10 Å². The third-order valence-corrected chi connectivity index (χ3v) is 4.46. The first-order valence-electron chi connectivity index (χ1n) is 9.38. The van der Waals surface area contributed by atoms with Crippen molar-refractivity contribution in [2.75, 3.05) is 20.3 Å². The zero-order valence-corrected chi connectivity index (χ0v) is 16.4. The standard InChI is InChI=1S/C23H27NO4/c1-18-9-11-19(12-10-18)14-24(16-21-6-5-13-27-21)15-20(25)17-28-23-8-4-3-7-22(23)26-2/h3-13,20,25H,14-17H2,1-2H3. The first-order chi connectivity index (χ1) is 13.6. The Kier molecular flexibility index (Phi) is 7.12. The van der Waals surface area contributed by atoms with Gasteiger partial charge in [-0.25, -0.2) is 0 Å². The highest BCUT2D eigenvalue weighted by Gasteiger charge is 2.16. The van der Waals surface area contributed by atoms with Crippen molar-refractivity contribution in [3.8, 4) is 11.5 Å². The van der Waals surface area contributed by atoms with Gasteiger partial charge in [0.2, 0.25) is 0 Å². The first kappa shape index (κ1) is 20.0. The summed E-state index contributed by atoms with van der Waals surface area (Å²) in [6, 6.07) is 19.7. The molecule has 5 nitrogen and oxygen atoms in total. The Labute approximate surface area is 166 Å². The van der Waals surface area contributed by atoms with Gasteiger partial charge in [0.25, 0.3) is 0 Å². The number of hydrogen-bond donors (Lipinski definition) is 1. The van der Waals surface area contributed by atoms with E-state index in [0.717, 1.165) is 5.76 Å². The lowest BCUT2D eigenvalue weighted by atomic mass is 10.1. The van der Waals surface area contributed by atoms with Crippen molar-refractivity contribution in [1.82, 2.24) is 4.90 Å². The summed E-state index contributed by atoms with van der Waals surface area (Å²) in [5, 5.41) is 10.6. The summed E-state index contributed by atoms with van der Waals surface area (Å²) < 4.78 is 16.5. The molecule has 0 amide bonds. The molecule has 1 heterocycles. The number of furan rings is 1. The molecule has 0 saturated carbocycles. The van der Waals surface area contributed by atoms with Crippen LogP contribution in [0.25, 0.3) is 0 Å². The normalized spacial score (nSPS) is 12.1. The van der Waals surface area contributed by atoms with Gasteiger partial charge in [0.05, 0.1) is 19.9 Å². The topological polar surface area (TPSA) is 55.1 Å². The van der Waals surface area contributed by atoms with Gasteiger partial charge < -0.3 is 19.0 Å². The number of benzene rings is 2. The molecule has 28 heavy (non-hydrogen) atoms. The van der Waals surface area contributed by atoms with Crippen molar-refractivity contribution >= 4 is 0 Å². The number of rotatable bonds is 10. The quantitative estimate of drug-likeness (QED) is 0.574. The Morgan fingerprint density at radius 1 is 0.964 bits per heavy atom. The summed E-state index contributed by atoms with van der Waals surface area (Å²) in [7, 11) is 1.60. The number of aryl methyl sites for hydroxylation is 1. The Morgan fingerprint density at radius 2 is 1.71 bits per heavy atom. The van der Waals surface area contributed by atoms with Gasteiger partial charge in [-0.05, 0) is 36.8 Å². The molecule has 5 heteroatoms. The number of ether oxygens (including phenoxy) is 2. The molecule has 0 aliphatic heterocycles. The highest BCUT2D eigenvalue weighted by atomic mass is 16.5. The van der Waals surface area contributed by atoms with E-state index in [2.05, 4.69) is 36.1 Å². The Bertz CT molecular complexity index is 830. The molecule has 1 N–H and O–H groups in total. The summed E-state index contributed by atoms with van der Waals surface area (Å²) in [6.07, 6.45) is 1.02. The summed E-state index contributed by atoms with van der Waals surface area (Å²) in [5.41, 5.74) is 2.42. The van der Waals surface area contributed by atoms with Crippen LogP contribution in [0.1, 0.15) is 16.9 Å². The third kappa shape index (κ3) is 5.87. The molecule has 0 radical (unpaired) electrons. The minimum absolute atomic E-state index is 0.183. The lowest BCUT2D eigenvalue weighted by Gasteiger charge is -2.24. The maximum Gasteiger partial charge on any atom is 0.161 e. The molecule has 1 atom stereocenters. The van der Waals surface area contributed by atoms with Crippen LogP contribution in [0.2, 0.25) is 0 Å². The minimum atomic E-state index is -0.648. The van der Waals surface area contributed by atoms with Crippen LogP contribution >= 0.6 is 0 Å². The van der Waals surface area contributed by atoms with E-state index in [1.165, 1.54) is 11.1 Å². The van der Waals surface area contributed by atoms with Crippen LogP contribution in [-0.4, -0.2) is 36.4 Å². The molecule has 1 aromatic heterocycles. The zero-order valence-electron chi connectivity index (χ0n) is 16.4. The van der Waals surface area contributed by atoms with Crippen LogP contribution in [0.5, 0.6) is 11.5 Å². The van der Waals surface area contributed by atoms with Crippen molar-refractivity contribution in [1.29, 1.82) is 0 Å². The average molecular weight is 381 g/mol. The predicted molar refractivity (Wildman–Crippen MR) is 108 cm³/mol. The van der Waals surface area contributed by atoms with Gasteiger partial charge in [-0.3, -0.25) is 4.90 Å². The van der Waals surface area contributed by atoms with Crippen LogP contribution in [-0.2, 0) is 13.1 Å². The molecular weight excluding hydrogens is 354 g/mol. The number of methoxy groups -OCH3 is 1. The predicted octanol–water partition coefficient (Wildman–Crippen LogP) is 4.04. The van der Waals surface area contributed by atoms with E-state index in [1.807, 2.05) is 36.4 Å². The lowest BCUT2D eigenvalue weighted by molar-refractivity contribution is 0.0596. The smallest absolute Gasteiger partial charge is 0.161 e. The molecule has 0 spiro atoms. The SMILES string of the molecule is COc1ccccc1OCC(O)CN(Cc1ccc(C)cc1)Cc1ccco1. The molecular formula is C23H27NO4. The molecule has 3 rings (SSSR count). The summed E-state index contributed by atoms with van der Waals surface area (Å²) in [4.78, 5) is 2.15. The van der Waals surface area contributed by atoms with Crippen LogP contribution < -0.4 is 9.47 Å². The van der Waals surface area contributed by atoms with Gasteiger partial charge in [0.15, 0.2) is 11.5 Å². The molecule has 0 aliphatic carbocycles. The van der Waals surface area contributed by atoms with Gasteiger partial charge in [-0.1, -0.05) is 42.0 Å². The van der Waals surface area contributed by atoms with E-state index in [4.69, 9.17) is 13.9 Å². The first-order valence-corrected chi connectivity index (χ1v) is 9.38. The fraction of sp³-hybridized carbons (Fsp3) is 0.304. The summed E-state index contributed by atoms with van der Waals surface area (Å²) >= 11 is 0. The molecule has 148 valence electrons. The van der Waals surface area contributed by atoms with E-state index >= 15 is 0 Å². The van der Waals surface area contributed by atoms with Gasteiger partial charge in [-0.2, -0.15) is 0 Å². The number of para-hydroxylation sites is 2. The lowest BCUT2D eigenvalue weighted by Crippen LogP contribution is -2.35. The molecule has 1 unspecified atom stereocenters. The van der Waals surface area contributed by atoms with Crippen LogP contribution in [0, 0.1) is 6.92 Å². The summed E-state index contributed by atoms with van der Waals surface area (Å²) in [5.74, 6) is 2.15. The fourth-order valence-corrected chi connectivity index (χ4v) is 3.03. The fourth-order valence-electron chi connectivity index (χ4n) is 3.03. The van der Waals surface area contributed by atoms with Crippen molar-refractivity contribution in [2.45, 2.75) is 26.1 Å². The van der Waals surface area contributed by atoms with E-state index in [-0.39, 0.29) is 6.61 Å². The van der Waals surface area contributed by atoms with Crippen molar-refractivity contribution in [3.63, 3.8) is 0 Å². The molecule has 0 aliphatic rings. The maximum absolute atomic E-state index is 10.6. The Morgan fingerprint density at radius 3 is 2.39 bits per heavy atom. The minimum Gasteiger partial charge on any atom is -0.493 e. The second-order valence-electron chi connectivity index (χ2n) is 6.85. The second-order valence-corrected chi connectivity index (χ2v) is 6.85. The molecule has 0 bridgehead atoms. The Balaban J connectivity index is 1.61. The number of aliphatic hydroxyl groups is 1. The number of aliphatic hydroxyl groups excluding tert-OH is 1. The van der Waals surface area contributed by atoms with Crippen molar-refractivity contribution < 1.29 is 19.0 Å². The van der Waals surface area contributed by atoms with Crippen LogP contribution in [0.3, 0.4) is 0 Å². The van der Waals surface area contributed by atoms with Gasteiger partial charge in [0, 0.05) is 13.1 Å².